The standard InChI is InChI=1S/C16H20ClNO5/c1-10-9-12(3-4-13(10)17)23-11(2)14(19)18-7-5-16(22,6-8-18)15(20)21/h3-4,9,11,22H,5-8H2,1-2H3,(H,20,21). The van der Waals surface area contributed by atoms with Gasteiger partial charge in [0.15, 0.2) is 11.7 Å². The molecule has 1 amide bonds. The number of carbonyl (C=O) groups is 2. The molecule has 23 heavy (non-hydrogen) atoms. The molecule has 1 saturated heterocycles. The average molecular weight is 342 g/mol. The van der Waals surface area contributed by atoms with E-state index < -0.39 is 17.7 Å². The van der Waals surface area contributed by atoms with E-state index in [-0.39, 0.29) is 31.8 Å². The van der Waals surface area contributed by atoms with E-state index in [1.807, 2.05) is 6.92 Å². The molecule has 1 unspecified atom stereocenters. The Labute approximate surface area is 139 Å². The van der Waals surface area contributed by atoms with E-state index in [0.717, 1.165) is 5.56 Å². The molecule has 2 rings (SSSR count). The van der Waals surface area contributed by atoms with Crippen LogP contribution in [0.3, 0.4) is 0 Å². The second-order valence-corrected chi connectivity index (χ2v) is 6.24. The number of benzene rings is 1. The molecular formula is C16H20ClNO5. The van der Waals surface area contributed by atoms with Gasteiger partial charge in [0.2, 0.25) is 0 Å². The molecule has 0 bridgehead atoms. The van der Waals surface area contributed by atoms with Crippen molar-refractivity contribution in [2.24, 2.45) is 0 Å². The molecule has 2 N–H and O–H groups in total. The number of likely N-dealkylation sites (tertiary alicyclic amines) is 1. The van der Waals surface area contributed by atoms with Crippen molar-refractivity contribution >= 4 is 23.5 Å². The van der Waals surface area contributed by atoms with Crippen molar-refractivity contribution in [3.63, 3.8) is 0 Å². The number of nitrogens with zero attached hydrogens (tertiary/aromatic N) is 1. The van der Waals surface area contributed by atoms with Crippen LogP contribution in [0.5, 0.6) is 5.75 Å². The summed E-state index contributed by atoms with van der Waals surface area (Å²) in [6.45, 7) is 3.87. The fourth-order valence-corrected chi connectivity index (χ4v) is 2.63. The first-order valence-corrected chi connectivity index (χ1v) is 7.78. The zero-order valence-electron chi connectivity index (χ0n) is 13.1. The number of rotatable bonds is 4. The lowest BCUT2D eigenvalue weighted by molar-refractivity contribution is -0.166. The molecule has 6 nitrogen and oxygen atoms in total. The van der Waals surface area contributed by atoms with Gasteiger partial charge in [0, 0.05) is 31.0 Å². The smallest absolute Gasteiger partial charge is 0.335 e. The Hall–Kier alpha value is -1.79. The quantitative estimate of drug-likeness (QED) is 0.872. The molecular weight excluding hydrogens is 322 g/mol. The van der Waals surface area contributed by atoms with Crippen LogP contribution < -0.4 is 4.74 Å². The van der Waals surface area contributed by atoms with Crippen LogP contribution >= 0.6 is 11.6 Å². The highest BCUT2D eigenvalue weighted by Gasteiger charge is 2.41. The Kier molecular flexibility index (Phi) is 5.16. The molecule has 7 heteroatoms. The van der Waals surface area contributed by atoms with Crippen molar-refractivity contribution in [1.29, 1.82) is 0 Å². The van der Waals surface area contributed by atoms with Gasteiger partial charge in [-0.1, -0.05) is 11.6 Å². The van der Waals surface area contributed by atoms with Gasteiger partial charge in [-0.15, -0.1) is 0 Å². The minimum atomic E-state index is -1.74. The molecule has 0 aliphatic carbocycles. The Morgan fingerprint density at radius 1 is 1.35 bits per heavy atom. The summed E-state index contributed by atoms with van der Waals surface area (Å²) in [5.74, 6) is -0.928. The number of aliphatic hydroxyl groups is 1. The fraction of sp³-hybridized carbons (Fsp3) is 0.500. The lowest BCUT2D eigenvalue weighted by atomic mass is 9.91. The summed E-state index contributed by atoms with van der Waals surface area (Å²) >= 11 is 5.95. The SMILES string of the molecule is Cc1cc(OC(C)C(=O)N2CCC(O)(C(=O)O)CC2)ccc1Cl. The monoisotopic (exact) mass is 341 g/mol. The summed E-state index contributed by atoms with van der Waals surface area (Å²) in [5, 5.41) is 19.5. The van der Waals surface area contributed by atoms with Gasteiger partial charge in [0.1, 0.15) is 5.75 Å². The van der Waals surface area contributed by atoms with Crippen LogP contribution in [0.1, 0.15) is 25.3 Å². The molecule has 1 aliphatic rings. The maximum Gasteiger partial charge on any atom is 0.335 e. The van der Waals surface area contributed by atoms with E-state index in [4.69, 9.17) is 21.4 Å². The van der Waals surface area contributed by atoms with Gasteiger partial charge in [-0.3, -0.25) is 4.79 Å². The lowest BCUT2D eigenvalue weighted by Gasteiger charge is -2.36. The van der Waals surface area contributed by atoms with E-state index in [1.54, 1.807) is 25.1 Å². The van der Waals surface area contributed by atoms with Crippen molar-refractivity contribution in [1.82, 2.24) is 4.90 Å². The molecule has 1 aliphatic heterocycles. The van der Waals surface area contributed by atoms with Crippen molar-refractivity contribution in [2.75, 3.05) is 13.1 Å². The van der Waals surface area contributed by atoms with Crippen LogP contribution in [0.4, 0.5) is 0 Å². The van der Waals surface area contributed by atoms with E-state index >= 15 is 0 Å². The zero-order valence-corrected chi connectivity index (χ0v) is 13.8. The first-order valence-electron chi connectivity index (χ1n) is 7.40. The molecule has 126 valence electrons. The Bertz CT molecular complexity index is 610. The summed E-state index contributed by atoms with van der Waals surface area (Å²) in [5.41, 5.74) is -0.887. The largest absolute Gasteiger partial charge is 0.481 e. The summed E-state index contributed by atoms with van der Waals surface area (Å²) in [4.78, 5) is 24.9. The molecule has 1 aromatic rings. The summed E-state index contributed by atoms with van der Waals surface area (Å²) in [7, 11) is 0. The van der Waals surface area contributed by atoms with Gasteiger partial charge >= 0.3 is 5.97 Å². The Morgan fingerprint density at radius 2 is 1.96 bits per heavy atom. The minimum Gasteiger partial charge on any atom is -0.481 e. The van der Waals surface area contributed by atoms with E-state index in [9.17, 15) is 14.7 Å². The number of carboxylic acid groups (broad SMARTS) is 1. The van der Waals surface area contributed by atoms with Crippen molar-refractivity contribution in [2.45, 2.75) is 38.4 Å². The topological polar surface area (TPSA) is 87.1 Å². The minimum absolute atomic E-state index is 0.0147. The number of hydrogen-bond donors (Lipinski definition) is 2. The maximum absolute atomic E-state index is 12.4. The molecule has 1 atom stereocenters. The highest BCUT2D eigenvalue weighted by Crippen LogP contribution is 2.25. The number of carboxylic acids is 1. The third-order valence-electron chi connectivity index (χ3n) is 4.09. The number of ether oxygens (including phenoxy) is 1. The second-order valence-electron chi connectivity index (χ2n) is 5.83. The highest BCUT2D eigenvalue weighted by atomic mass is 35.5. The zero-order chi connectivity index (χ0) is 17.2. The third kappa shape index (κ3) is 3.95. The Balaban J connectivity index is 1.95. The number of hydrogen-bond acceptors (Lipinski definition) is 4. The number of aliphatic carboxylic acids is 1. The number of aryl methyl sites for hydroxylation is 1. The van der Waals surface area contributed by atoms with Crippen LogP contribution in [0.2, 0.25) is 5.02 Å². The first-order chi connectivity index (χ1) is 10.7. The fourth-order valence-electron chi connectivity index (χ4n) is 2.51. The van der Waals surface area contributed by atoms with Gasteiger partial charge < -0.3 is 19.8 Å². The number of halogens is 1. The summed E-state index contributed by atoms with van der Waals surface area (Å²) < 4.78 is 5.64. The Morgan fingerprint density at radius 3 is 2.48 bits per heavy atom. The summed E-state index contributed by atoms with van der Waals surface area (Å²) in [6, 6.07) is 5.15. The molecule has 0 radical (unpaired) electrons. The predicted octanol–water partition coefficient (Wildman–Crippen LogP) is 1.85. The first kappa shape index (κ1) is 17.6. The van der Waals surface area contributed by atoms with Crippen LogP contribution in [-0.2, 0) is 9.59 Å². The average Bonchev–Trinajstić information content (AvgIpc) is 2.51. The summed E-state index contributed by atoms with van der Waals surface area (Å²) in [6.07, 6.45) is -0.673. The lowest BCUT2D eigenvalue weighted by Crippen LogP contribution is -2.53. The molecule has 0 saturated carbocycles. The van der Waals surface area contributed by atoms with Gasteiger partial charge in [0.25, 0.3) is 5.91 Å². The van der Waals surface area contributed by atoms with E-state index in [0.29, 0.717) is 10.8 Å². The molecule has 1 heterocycles. The second kappa shape index (κ2) is 6.76. The number of carbonyl (C=O) groups excluding carboxylic acids is 1. The molecule has 1 fully saturated rings. The normalized spacial score (nSPS) is 18.3. The molecule has 0 spiro atoms. The van der Waals surface area contributed by atoms with Gasteiger partial charge in [-0.05, 0) is 37.6 Å². The highest BCUT2D eigenvalue weighted by molar-refractivity contribution is 6.31. The molecule has 0 aromatic heterocycles. The van der Waals surface area contributed by atoms with Crippen LogP contribution in [0, 0.1) is 6.92 Å². The van der Waals surface area contributed by atoms with Crippen molar-refractivity contribution < 1.29 is 24.5 Å². The van der Waals surface area contributed by atoms with Crippen LogP contribution in [0.25, 0.3) is 0 Å². The van der Waals surface area contributed by atoms with Crippen molar-refractivity contribution in [3.8, 4) is 5.75 Å². The maximum atomic E-state index is 12.4. The van der Waals surface area contributed by atoms with Crippen LogP contribution in [0.15, 0.2) is 18.2 Å². The van der Waals surface area contributed by atoms with E-state index in [2.05, 4.69) is 0 Å². The number of amides is 1. The third-order valence-corrected chi connectivity index (χ3v) is 4.51. The molecule has 1 aromatic carbocycles. The number of piperidine rings is 1. The van der Waals surface area contributed by atoms with Gasteiger partial charge in [-0.25, -0.2) is 4.79 Å². The van der Waals surface area contributed by atoms with E-state index in [1.165, 1.54) is 4.90 Å². The predicted molar refractivity (Wildman–Crippen MR) is 84.7 cm³/mol. The van der Waals surface area contributed by atoms with Crippen LogP contribution in [-0.4, -0.2) is 51.8 Å². The van der Waals surface area contributed by atoms with Gasteiger partial charge in [-0.2, -0.15) is 0 Å². The van der Waals surface area contributed by atoms with Gasteiger partial charge in [0.05, 0.1) is 0 Å². The van der Waals surface area contributed by atoms with Crippen molar-refractivity contribution in [3.05, 3.63) is 28.8 Å².